The first kappa shape index (κ1) is 10.9. The summed E-state index contributed by atoms with van der Waals surface area (Å²) >= 11 is 0. The van der Waals surface area contributed by atoms with E-state index in [4.69, 9.17) is 0 Å². The fraction of sp³-hybridized carbons (Fsp3) is 0.400. The van der Waals surface area contributed by atoms with Crippen LogP contribution in [0, 0.1) is 0 Å². The highest BCUT2D eigenvalue weighted by atomic mass is 19.4. The van der Waals surface area contributed by atoms with Gasteiger partial charge in [-0.1, -0.05) is 25.1 Å². The summed E-state index contributed by atoms with van der Waals surface area (Å²) < 4.78 is 35.7. The van der Waals surface area contributed by atoms with E-state index in [0.717, 1.165) is 12.0 Å². The summed E-state index contributed by atoms with van der Waals surface area (Å²) in [6.45, 7) is 0.929. The van der Waals surface area contributed by atoms with E-state index >= 15 is 0 Å². The van der Waals surface area contributed by atoms with Crippen LogP contribution in [-0.2, 0) is 6.42 Å². The first-order chi connectivity index (χ1) is 6.53. The molecule has 0 fully saturated rings. The Morgan fingerprint density at radius 3 is 2.43 bits per heavy atom. The van der Waals surface area contributed by atoms with Crippen LogP contribution in [0.2, 0.25) is 0 Å². The van der Waals surface area contributed by atoms with Crippen molar-refractivity contribution in [2.45, 2.75) is 19.5 Å². The Bertz CT molecular complexity index is 294. The monoisotopic (exact) mass is 203 g/mol. The smallest absolute Gasteiger partial charge is 0.376 e. The van der Waals surface area contributed by atoms with Gasteiger partial charge in [-0.25, -0.2) is 0 Å². The number of halogens is 3. The minimum atomic E-state index is -4.17. The number of nitrogens with one attached hydrogen (secondary N) is 1. The van der Waals surface area contributed by atoms with Crippen LogP contribution in [0.1, 0.15) is 12.5 Å². The van der Waals surface area contributed by atoms with Gasteiger partial charge in [0.1, 0.15) is 6.54 Å². The fourth-order valence-electron chi connectivity index (χ4n) is 1.20. The maximum Gasteiger partial charge on any atom is 0.405 e. The third-order valence-electron chi connectivity index (χ3n) is 1.88. The third kappa shape index (κ3) is 3.28. The Morgan fingerprint density at radius 1 is 1.21 bits per heavy atom. The summed E-state index contributed by atoms with van der Waals surface area (Å²) in [4.78, 5) is 0. The lowest BCUT2D eigenvalue weighted by atomic mass is 10.1. The topological polar surface area (TPSA) is 12.0 Å². The lowest BCUT2D eigenvalue weighted by Crippen LogP contribution is -2.21. The van der Waals surface area contributed by atoms with Crippen molar-refractivity contribution in [3.8, 4) is 0 Å². The second kappa shape index (κ2) is 4.35. The number of alkyl halides is 3. The standard InChI is InChI=1S/C10H12F3N/c1-2-8-5-3-4-6-9(8)14-7-10(11,12)13/h3-6,14H,2,7H2,1H3. The molecule has 1 aromatic carbocycles. The average molecular weight is 203 g/mol. The van der Waals surface area contributed by atoms with Gasteiger partial charge in [-0.2, -0.15) is 13.2 Å². The van der Waals surface area contributed by atoms with Crippen molar-refractivity contribution in [2.24, 2.45) is 0 Å². The highest BCUT2D eigenvalue weighted by Crippen LogP contribution is 2.19. The van der Waals surface area contributed by atoms with E-state index in [0.29, 0.717) is 5.69 Å². The van der Waals surface area contributed by atoms with Crippen LogP contribution in [0.4, 0.5) is 18.9 Å². The minimum absolute atomic E-state index is 0.562. The first-order valence-corrected chi connectivity index (χ1v) is 4.41. The quantitative estimate of drug-likeness (QED) is 0.795. The summed E-state index contributed by atoms with van der Waals surface area (Å²) in [6.07, 6.45) is -3.44. The van der Waals surface area contributed by atoms with Gasteiger partial charge in [0.15, 0.2) is 0 Å². The number of benzene rings is 1. The van der Waals surface area contributed by atoms with Crippen molar-refractivity contribution in [2.75, 3.05) is 11.9 Å². The molecule has 0 saturated carbocycles. The van der Waals surface area contributed by atoms with Crippen molar-refractivity contribution in [3.05, 3.63) is 29.8 Å². The molecular weight excluding hydrogens is 191 g/mol. The summed E-state index contributed by atoms with van der Waals surface area (Å²) in [6, 6.07) is 7.01. The summed E-state index contributed by atoms with van der Waals surface area (Å²) in [5.74, 6) is 0. The Balaban J connectivity index is 2.67. The van der Waals surface area contributed by atoms with Gasteiger partial charge >= 0.3 is 6.18 Å². The summed E-state index contributed by atoms with van der Waals surface area (Å²) in [5.41, 5.74) is 1.46. The molecule has 0 aliphatic heterocycles. The highest BCUT2D eigenvalue weighted by molar-refractivity contribution is 5.51. The molecule has 14 heavy (non-hydrogen) atoms. The maximum absolute atomic E-state index is 11.9. The molecule has 0 heterocycles. The SMILES string of the molecule is CCc1ccccc1NCC(F)(F)F. The Labute approximate surface area is 80.9 Å². The zero-order chi connectivity index (χ0) is 10.6. The van der Waals surface area contributed by atoms with E-state index in [9.17, 15) is 13.2 Å². The van der Waals surface area contributed by atoms with Crippen molar-refractivity contribution in [3.63, 3.8) is 0 Å². The van der Waals surface area contributed by atoms with E-state index in [1.807, 2.05) is 19.1 Å². The molecule has 0 aliphatic carbocycles. The Morgan fingerprint density at radius 2 is 1.86 bits per heavy atom. The largest absolute Gasteiger partial charge is 0.405 e. The fourth-order valence-corrected chi connectivity index (χ4v) is 1.20. The van der Waals surface area contributed by atoms with E-state index in [2.05, 4.69) is 5.32 Å². The zero-order valence-electron chi connectivity index (χ0n) is 7.86. The number of anilines is 1. The molecule has 1 N–H and O–H groups in total. The molecule has 0 unspecified atom stereocenters. The number of hydrogen-bond donors (Lipinski definition) is 1. The van der Waals surface area contributed by atoms with Crippen LogP contribution >= 0.6 is 0 Å². The third-order valence-corrected chi connectivity index (χ3v) is 1.88. The molecule has 1 aromatic rings. The van der Waals surface area contributed by atoms with Crippen molar-refractivity contribution in [1.82, 2.24) is 0 Å². The van der Waals surface area contributed by atoms with E-state index in [1.165, 1.54) is 0 Å². The van der Waals surface area contributed by atoms with E-state index in [1.54, 1.807) is 12.1 Å². The molecule has 1 nitrogen and oxygen atoms in total. The van der Waals surface area contributed by atoms with Gasteiger partial charge in [0.25, 0.3) is 0 Å². The number of rotatable bonds is 3. The number of aryl methyl sites for hydroxylation is 1. The highest BCUT2D eigenvalue weighted by Gasteiger charge is 2.26. The molecule has 0 radical (unpaired) electrons. The van der Waals surface area contributed by atoms with Crippen molar-refractivity contribution in [1.29, 1.82) is 0 Å². The van der Waals surface area contributed by atoms with Crippen molar-refractivity contribution < 1.29 is 13.2 Å². The maximum atomic E-state index is 11.9. The van der Waals surface area contributed by atoms with Crippen LogP contribution in [0.3, 0.4) is 0 Å². The zero-order valence-corrected chi connectivity index (χ0v) is 7.86. The van der Waals surface area contributed by atoms with Gasteiger partial charge < -0.3 is 5.32 Å². The molecule has 78 valence electrons. The molecule has 4 heteroatoms. The second-order valence-electron chi connectivity index (χ2n) is 2.98. The molecule has 0 amide bonds. The molecular formula is C10H12F3N. The lowest BCUT2D eigenvalue weighted by Gasteiger charge is -2.12. The van der Waals surface area contributed by atoms with Gasteiger partial charge in [0.05, 0.1) is 0 Å². The predicted octanol–water partition coefficient (Wildman–Crippen LogP) is 3.22. The average Bonchev–Trinajstić information content (AvgIpc) is 2.14. The number of hydrogen-bond acceptors (Lipinski definition) is 1. The normalized spacial score (nSPS) is 11.4. The van der Waals surface area contributed by atoms with Crippen LogP contribution in [0.15, 0.2) is 24.3 Å². The molecule has 0 spiro atoms. The minimum Gasteiger partial charge on any atom is -0.376 e. The molecule has 0 bridgehead atoms. The van der Waals surface area contributed by atoms with Crippen LogP contribution < -0.4 is 5.32 Å². The first-order valence-electron chi connectivity index (χ1n) is 4.41. The molecule has 1 rings (SSSR count). The van der Waals surface area contributed by atoms with Gasteiger partial charge in [-0.15, -0.1) is 0 Å². The molecule has 0 atom stereocenters. The molecule has 0 aliphatic rings. The van der Waals surface area contributed by atoms with Crippen LogP contribution in [0.25, 0.3) is 0 Å². The van der Waals surface area contributed by atoms with Crippen LogP contribution in [0.5, 0.6) is 0 Å². The second-order valence-corrected chi connectivity index (χ2v) is 2.98. The van der Waals surface area contributed by atoms with Gasteiger partial charge in [-0.05, 0) is 18.1 Å². The van der Waals surface area contributed by atoms with Crippen LogP contribution in [-0.4, -0.2) is 12.7 Å². The lowest BCUT2D eigenvalue weighted by molar-refractivity contribution is -0.115. The molecule has 0 saturated heterocycles. The summed E-state index contributed by atoms with van der Waals surface area (Å²) in [5, 5.41) is 2.38. The Hall–Kier alpha value is -1.19. The van der Waals surface area contributed by atoms with Crippen molar-refractivity contribution >= 4 is 5.69 Å². The van der Waals surface area contributed by atoms with Gasteiger partial charge in [0.2, 0.25) is 0 Å². The van der Waals surface area contributed by atoms with Gasteiger partial charge in [-0.3, -0.25) is 0 Å². The molecule has 0 aromatic heterocycles. The van der Waals surface area contributed by atoms with E-state index in [-0.39, 0.29) is 0 Å². The predicted molar refractivity (Wildman–Crippen MR) is 50.4 cm³/mol. The van der Waals surface area contributed by atoms with E-state index < -0.39 is 12.7 Å². The Kier molecular flexibility index (Phi) is 3.38. The summed E-state index contributed by atoms with van der Waals surface area (Å²) in [7, 11) is 0. The van der Waals surface area contributed by atoms with Gasteiger partial charge in [0, 0.05) is 5.69 Å². The number of para-hydroxylation sites is 1.